The number of hydrogen-bond acceptors (Lipinski definition) is 2. The predicted molar refractivity (Wildman–Crippen MR) is 63.5 cm³/mol. The Labute approximate surface area is 103 Å². The number of rotatable bonds is 3. The van der Waals surface area contributed by atoms with Crippen LogP contribution in [0.1, 0.15) is 18.6 Å². The highest BCUT2D eigenvalue weighted by atomic mass is 19.2. The molecule has 0 saturated carbocycles. The third kappa shape index (κ3) is 2.84. The van der Waals surface area contributed by atoms with Crippen LogP contribution in [-0.4, -0.2) is 5.11 Å². The largest absolute Gasteiger partial charge is 0.457 e. The maximum Gasteiger partial charge on any atom is 0.162 e. The summed E-state index contributed by atoms with van der Waals surface area (Å²) in [5.41, 5.74) is 0.757. The van der Waals surface area contributed by atoms with Gasteiger partial charge in [0.05, 0.1) is 6.10 Å². The lowest BCUT2D eigenvalue weighted by molar-refractivity contribution is 0.199. The third-order valence-corrected chi connectivity index (χ3v) is 2.49. The van der Waals surface area contributed by atoms with Crippen LogP contribution in [0.3, 0.4) is 0 Å². The smallest absolute Gasteiger partial charge is 0.162 e. The molecule has 0 amide bonds. The van der Waals surface area contributed by atoms with Gasteiger partial charge in [0.2, 0.25) is 0 Å². The third-order valence-electron chi connectivity index (χ3n) is 2.49. The first kappa shape index (κ1) is 12.5. The molecule has 0 heterocycles. The van der Waals surface area contributed by atoms with E-state index in [4.69, 9.17) is 4.74 Å². The molecular weight excluding hydrogens is 238 g/mol. The first-order valence-corrected chi connectivity index (χ1v) is 5.47. The monoisotopic (exact) mass is 250 g/mol. The summed E-state index contributed by atoms with van der Waals surface area (Å²) in [6, 6.07) is 10.1. The van der Waals surface area contributed by atoms with Crippen molar-refractivity contribution in [2.75, 3.05) is 0 Å². The van der Waals surface area contributed by atoms with E-state index in [1.54, 1.807) is 31.2 Å². The van der Waals surface area contributed by atoms with E-state index in [0.717, 1.165) is 17.7 Å². The lowest BCUT2D eigenvalue weighted by Gasteiger charge is -2.08. The van der Waals surface area contributed by atoms with Crippen LogP contribution < -0.4 is 4.74 Å². The van der Waals surface area contributed by atoms with Crippen LogP contribution in [0.25, 0.3) is 0 Å². The van der Waals surface area contributed by atoms with Gasteiger partial charge in [-0.1, -0.05) is 12.1 Å². The zero-order chi connectivity index (χ0) is 13.1. The summed E-state index contributed by atoms with van der Waals surface area (Å²) in [5.74, 6) is -1.15. The zero-order valence-electron chi connectivity index (χ0n) is 9.73. The number of ether oxygens (including phenoxy) is 1. The van der Waals surface area contributed by atoms with E-state index in [0.29, 0.717) is 5.75 Å². The predicted octanol–water partition coefficient (Wildman–Crippen LogP) is 3.81. The molecular formula is C14H12F2O2. The molecule has 1 atom stereocenters. The molecule has 0 radical (unpaired) electrons. The topological polar surface area (TPSA) is 29.5 Å². The number of benzene rings is 2. The molecule has 0 bridgehead atoms. The van der Waals surface area contributed by atoms with Gasteiger partial charge in [-0.3, -0.25) is 0 Å². The van der Waals surface area contributed by atoms with Gasteiger partial charge >= 0.3 is 0 Å². The van der Waals surface area contributed by atoms with Crippen molar-refractivity contribution in [1.29, 1.82) is 0 Å². The Morgan fingerprint density at radius 2 is 1.56 bits per heavy atom. The quantitative estimate of drug-likeness (QED) is 0.897. The second-order valence-electron chi connectivity index (χ2n) is 3.92. The lowest BCUT2D eigenvalue weighted by Crippen LogP contribution is -1.91. The molecule has 94 valence electrons. The van der Waals surface area contributed by atoms with E-state index < -0.39 is 17.7 Å². The maximum atomic E-state index is 13.0. The molecule has 0 aliphatic rings. The fourth-order valence-electron chi connectivity index (χ4n) is 1.49. The summed E-state index contributed by atoms with van der Waals surface area (Å²) < 4.78 is 31.0. The number of halogens is 2. The molecule has 0 spiro atoms. The number of hydrogen-bond donors (Lipinski definition) is 1. The molecule has 18 heavy (non-hydrogen) atoms. The average Bonchev–Trinajstić information content (AvgIpc) is 2.34. The standard InChI is InChI=1S/C14H12F2O2/c1-9(17)10-2-4-11(5-3-10)18-12-6-7-13(15)14(16)8-12/h2-9,17H,1H3/t9-/m0/s1. The van der Waals surface area contributed by atoms with Gasteiger partial charge in [-0.25, -0.2) is 8.78 Å². The van der Waals surface area contributed by atoms with E-state index in [2.05, 4.69) is 0 Å². The molecule has 2 rings (SSSR count). The summed E-state index contributed by atoms with van der Waals surface area (Å²) >= 11 is 0. The summed E-state index contributed by atoms with van der Waals surface area (Å²) in [6.07, 6.45) is -0.553. The van der Waals surface area contributed by atoms with Gasteiger partial charge in [0.1, 0.15) is 11.5 Å². The highest BCUT2D eigenvalue weighted by molar-refractivity contribution is 5.34. The van der Waals surface area contributed by atoms with Crippen LogP contribution in [0.4, 0.5) is 8.78 Å². The first-order chi connectivity index (χ1) is 8.56. The van der Waals surface area contributed by atoms with E-state index in [1.807, 2.05) is 0 Å². The summed E-state index contributed by atoms with van der Waals surface area (Å²) in [4.78, 5) is 0. The Bertz CT molecular complexity index is 536. The van der Waals surface area contributed by atoms with Crippen LogP contribution >= 0.6 is 0 Å². The first-order valence-electron chi connectivity index (χ1n) is 5.47. The molecule has 0 aliphatic heterocycles. The second-order valence-corrected chi connectivity index (χ2v) is 3.92. The molecule has 2 aromatic carbocycles. The summed E-state index contributed by atoms with van der Waals surface area (Å²) in [5, 5.41) is 9.34. The summed E-state index contributed by atoms with van der Waals surface area (Å²) in [7, 11) is 0. The minimum absolute atomic E-state index is 0.221. The van der Waals surface area contributed by atoms with Crippen LogP contribution in [0.15, 0.2) is 42.5 Å². The van der Waals surface area contributed by atoms with Crippen LogP contribution in [-0.2, 0) is 0 Å². The van der Waals surface area contributed by atoms with Crippen LogP contribution in [0.5, 0.6) is 11.5 Å². The highest BCUT2D eigenvalue weighted by Gasteiger charge is 2.05. The van der Waals surface area contributed by atoms with Gasteiger partial charge in [-0.15, -0.1) is 0 Å². The fraction of sp³-hybridized carbons (Fsp3) is 0.143. The molecule has 0 unspecified atom stereocenters. The van der Waals surface area contributed by atoms with Gasteiger partial charge in [0, 0.05) is 6.07 Å². The number of aliphatic hydroxyl groups excluding tert-OH is 1. The molecule has 0 aliphatic carbocycles. The molecule has 0 aromatic heterocycles. The van der Waals surface area contributed by atoms with Gasteiger partial charge in [0.25, 0.3) is 0 Å². The van der Waals surface area contributed by atoms with E-state index in [1.165, 1.54) is 6.07 Å². The van der Waals surface area contributed by atoms with Crippen molar-refractivity contribution in [3.63, 3.8) is 0 Å². The Hall–Kier alpha value is -1.94. The minimum Gasteiger partial charge on any atom is -0.457 e. The van der Waals surface area contributed by atoms with Crippen molar-refractivity contribution in [3.05, 3.63) is 59.7 Å². The van der Waals surface area contributed by atoms with Gasteiger partial charge in [-0.2, -0.15) is 0 Å². The van der Waals surface area contributed by atoms with Crippen LogP contribution in [0.2, 0.25) is 0 Å². The number of aliphatic hydroxyl groups is 1. The second kappa shape index (κ2) is 5.14. The summed E-state index contributed by atoms with van der Waals surface area (Å²) in [6.45, 7) is 1.66. The molecule has 2 aromatic rings. The maximum absolute atomic E-state index is 13.0. The van der Waals surface area contributed by atoms with Crippen molar-refractivity contribution in [2.24, 2.45) is 0 Å². The molecule has 0 saturated heterocycles. The normalized spacial score (nSPS) is 12.2. The Morgan fingerprint density at radius 1 is 0.944 bits per heavy atom. The highest BCUT2D eigenvalue weighted by Crippen LogP contribution is 2.24. The van der Waals surface area contributed by atoms with Crippen molar-refractivity contribution in [3.8, 4) is 11.5 Å². The van der Waals surface area contributed by atoms with Crippen LogP contribution in [0, 0.1) is 11.6 Å². The van der Waals surface area contributed by atoms with Crippen molar-refractivity contribution >= 4 is 0 Å². The van der Waals surface area contributed by atoms with Crippen molar-refractivity contribution in [2.45, 2.75) is 13.0 Å². The lowest BCUT2D eigenvalue weighted by atomic mass is 10.1. The SMILES string of the molecule is C[C@H](O)c1ccc(Oc2ccc(F)c(F)c2)cc1. The van der Waals surface area contributed by atoms with E-state index in [-0.39, 0.29) is 5.75 Å². The minimum atomic E-state index is -0.951. The van der Waals surface area contributed by atoms with Gasteiger partial charge in [-0.05, 0) is 36.8 Å². The van der Waals surface area contributed by atoms with Crippen molar-refractivity contribution < 1.29 is 18.6 Å². The zero-order valence-corrected chi connectivity index (χ0v) is 9.73. The van der Waals surface area contributed by atoms with E-state index >= 15 is 0 Å². The fourth-order valence-corrected chi connectivity index (χ4v) is 1.49. The Kier molecular flexibility index (Phi) is 3.58. The average molecular weight is 250 g/mol. The Balaban J connectivity index is 2.15. The molecule has 4 heteroatoms. The van der Waals surface area contributed by atoms with Gasteiger partial charge in [0.15, 0.2) is 11.6 Å². The molecule has 2 nitrogen and oxygen atoms in total. The van der Waals surface area contributed by atoms with Crippen molar-refractivity contribution in [1.82, 2.24) is 0 Å². The molecule has 1 N–H and O–H groups in total. The van der Waals surface area contributed by atoms with Gasteiger partial charge < -0.3 is 9.84 Å². The van der Waals surface area contributed by atoms with E-state index in [9.17, 15) is 13.9 Å². The Morgan fingerprint density at radius 3 is 2.11 bits per heavy atom. The molecule has 0 fully saturated rings.